The van der Waals surface area contributed by atoms with Gasteiger partial charge in [0.15, 0.2) is 0 Å². The molecule has 1 amide bonds. The fourth-order valence-corrected chi connectivity index (χ4v) is 4.57. The molecule has 0 aliphatic carbocycles. The minimum absolute atomic E-state index is 0.0938. The van der Waals surface area contributed by atoms with E-state index in [4.69, 9.17) is 4.74 Å². The van der Waals surface area contributed by atoms with Crippen molar-refractivity contribution < 1.29 is 9.53 Å². The molecule has 1 N–H and O–H groups in total. The van der Waals surface area contributed by atoms with Crippen LogP contribution >= 0.6 is 22.7 Å². The minimum atomic E-state index is -0.0938. The molecule has 0 atom stereocenters. The molecule has 1 aliphatic heterocycles. The summed E-state index contributed by atoms with van der Waals surface area (Å²) >= 11 is 3.06. The first-order chi connectivity index (χ1) is 13.2. The maximum Gasteiger partial charge on any atom is 0.263 e. The predicted octanol–water partition coefficient (Wildman–Crippen LogP) is 3.34. The number of pyridine rings is 1. The number of rotatable bonds is 5. The van der Waals surface area contributed by atoms with Crippen molar-refractivity contribution in [3.63, 3.8) is 0 Å². The van der Waals surface area contributed by atoms with Crippen molar-refractivity contribution in [1.29, 1.82) is 0 Å². The highest BCUT2D eigenvalue weighted by Gasteiger charge is 2.16. The number of morpholine rings is 1. The zero-order valence-electron chi connectivity index (χ0n) is 15.0. The van der Waals surface area contributed by atoms with Crippen LogP contribution in [0.25, 0.3) is 10.6 Å². The van der Waals surface area contributed by atoms with Crippen LogP contribution in [-0.2, 0) is 11.3 Å². The largest absolute Gasteiger partial charge is 0.378 e. The van der Waals surface area contributed by atoms with Crippen LogP contribution in [0.15, 0.2) is 35.2 Å². The van der Waals surface area contributed by atoms with Gasteiger partial charge in [-0.05, 0) is 30.0 Å². The molecule has 6 nitrogen and oxygen atoms in total. The van der Waals surface area contributed by atoms with E-state index in [1.54, 1.807) is 11.3 Å². The third kappa shape index (κ3) is 4.18. The SMILES string of the molecule is Cc1nc(-c2ccsc2)sc1C(=O)NCc1ccc(N2CCOCC2)nc1. The third-order valence-corrected chi connectivity index (χ3v) is 6.26. The number of carbonyl (C=O) groups is 1. The van der Waals surface area contributed by atoms with Gasteiger partial charge in [-0.3, -0.25) is 4.79 Å². The van der Waals surface area contributed by atoms with E-state index in [2.05, 4.69) is 20.2 Å². The normalized spacial score (nSPS) is 14.3. The lowest BCUT2D eigenvalue weighted by Crippen LogP contribution is -2.36. The van der Waals surface area contributed by atoms with Crippen LogP contribution in [0.3, 0.4) is 0 Å². The van der Waals surface area contributed by atoms with Gasteiger partial charge in [-0.2, -0.15) is 11.3 Å². The Morgan fingerprint density at radius 2 is 2.15 bits per heavy atom. The Kier molecular flexibility index (Phi) is 5.47. The molecule has 140 valence electrons. The van der Waals surface area contributed by atoms with Gasteiger partial charge in [0.25, 0.3) is 5.91 Å². The molecule has 0 saturated carbocycles. The highest BCUT2D eigenvalue weighted by atomic mass is 32.1. The van der Waals surface area contributed by atoms with Crippen LogP contribution in [0, 0.1) is 6.92 Å². The Bertz CT molecular complexity index is 900. The molecule has 3 aromatic rings. The first-order valence-electron chi connectivity index (χ1n) is 8.76. The number of ether oxygens (including phenoxy) is 1. The van der Waals surface area contributed by atoms with E-state index in [0.717, 1.165) is 53.9 Å². The van der Waals surface area contributed by atoms with E-state index >= 15 is 0 Å². The number of hydrogen-bond acceptors (Lipinski definition) is 7. The van der Waals surface area contributed by atoms with E-state index in [1.807, 2.05) is 42.1 Å². The highest BCUT2D eigenvalue weighted by Crippen LogP contribution is 2.29. The molecule has 1 aliphatic rings. The number of amides is 1. The summed E-state index contributed by atoms with van der Waals surface area (Å²) in [4.78, 5) is 24.5. The molecule has 0 radical (unpaired) electrons. The number of nitrogens with one attached hydrogen (secondary N) is 1. The number of aromatic nitrogens is 2. The van der Waals surface area contributed by atoms with Gasteiger partial charge in [0.05, 0.1) is 18.9 Å². The number of aryl methyl sites for hydroxylation is 1. The number of thiazole rings is 1. The number of thiophene rings is 1. The summed E-state index contributed by atoms with van der Waals surface area (Å²) < 4.78 is 5.37. The highest BCUT2D eigenvalue weighted by molar-refractivity contribution is 7.17. The summed E-state index contributed by atoms with van der Waals surface area (Å²) in [6, 6.07) is 6.03. The Hall–Kier alpha value is -2.29. The lowest BCUT2D eigenvalue weighted by molar-refractivity contribution is 0.0954. The molecule has 4 rings (SSSR count). The average molecular weight is 401 g/mol. The topological polar surface area (TPSA) is 67.4 Å². The summed E-state index contributed by atoms with van der Waals surface area (Å²) in [6.45, 7) is 5.52. The van der Waals surface area contributed by atoms with Crippen LogP contribution in [-0.4, -0.2) is 42.2 Å². The molecule has 1 saturated heterocycles. The van der Waals surface area contributed by atoms with Gasteiger partial charge in [-0.1, -0.05) is 6.07 Å². The number of carbonyl (C=O) groups excluding carboxylic acids is 1. The Morgan fingerprint density at radius 3 is 2.85 bits per heavy atom. The summed E-state index contributed by atoms with van der Waals surface area (Å²) in [6.07, 6.45) is 1.82. The Balaban J connectivity index is 1.38. The molecule has 27 heavy (non-hydrogen) atoms. The standard InChI is InChI=1S/C19H20N4O2S2/c1-13-17(27-19(22-13)15-4-9-26-12-15)18(24)21-11-14-2-3-16(20-10-14)23-5-7-25-8-6-23/h2-4,9-10,12H,5-8,11H2,1H3,(H,21,24). The second kappa shape index (κ2) is 8.16. The van der Waals surface area contributed by atoms with Gasteiger partial charge >= 0.3 is 0 Å². The van der Waals surface area contributed by atoms with Gasteiger partial charge in [-0.25, -0.2) is 9.97 Å². The molecule has 3 aromatic heterocycles. The second-order valence-corrected chi connectivity index (χ2v) is 8.03. The summed E-state index contributed by atoms with van der Waals surface area (Å²) in [7, 11) is 0. The van der Waals surface area contributed by atoms with Crippen LogP contribution in [0.2, 0.25) is 0 Å². The number of hydrogen-bond donors (Lipinski definition) is 1. The van der Waals surface area contributed by atoms with Crippen molar-refractivity contribution in [3.05, 3.63) is 51.3 Å². The second-order valence-electron chi connectivity index (χ2n) is 6.25. The quantitative estimate of drug-likeness (QED) is 0.711. The smallest absolute Gasteiger partial charge is 0.263 e. The van der Waals surface area contributed by atoms with Crippen molar-refractivity contribution >= 4 is 34.4 Å². The van der Waals surface area contributed by atoms with E-state index in [-0.39, 0.29) is 5.91 Å². The first-order valence-corrected chi connectivity index (χ1v) is 10.5. The van der Waals surface area contributed by atoms with Crippen molar-refractivity contribution in [3.8, 4) is 10.6 Å². The molecule has 4 heterocycles. The Labute approximate surface area is 165 Å². The fourth-order valence-electron chi connectivity index (χ4n) is 2.88. The van der Waals surface area contributed by atoms with Crippen LogP contribution in [0.1, 0.15) is 20.9 Å². The van der Waals surface area contributed by atoms with E-state index in [0.29, 0.717) is 11.4 Å². The minimum Gasteiger partial charge on any atom is -0.378 e. The summed E-state index contributed by atoms with van der Waals surface area (Å²) in [5.74, 6) is 0.857. The average Bonchev–Trinajstić information content (AvgIpc) is 3.37. The van der Waals surface area contributed by atoms with Gasteiger partial charge in [0, 0.05) is 36.8 Å². The molecule has 0 aromatic carbocycles. The third-order valence-electron chi connectivity index (χ3n) is 4.37. The molecule has 0 unspecified atom stereocenters. The van der Waals surface area contributed by atoms with Gasteiger partial charge < -0.3 is 15.0 Å². The number of anilines is 1. The summed E-state index contributed by atoms with van der Waals surface area (Å²) in [5, 5.41) is 7.92. The molecule has 1 fully saturated rings. The lowest BCUT2D eigenvalue weighted by atomic mass is 10.2. The lowest BCUT2D eigenvalue weighted by Gasteiger charge is -2.27. The van der Waals surface area contributed by atoms with E-state index in [1.165, 1.54) is 11.3 Å². The molecule has 0 bridgehead atoms. The van der Waals surface area contributed by atoms with Crippen molar-refractivity contribution in [1.82, 2.24) is 15.3 Å². The monoisotopic (exact) mass is 400 g/mol. The van der Waals surface area contributed by atoms with Crippen LogP contribution in [0.4, 0.5) is 5.82 Å². The van der Waals surface area contributed by atoms with E-state index < -0.39 is 0 Å². The summed E-state index contributed by atoms with van der Waals surface area (Å²) in [5.41, 5.74) is 2.80. The van der Waals surface area contributed by atoms with Gasteiger partial charge in [0.2, 0.25) is 0 Å². The van der Waals surface area contributed by atoms with Crippen LogP contribution < -0.4 is 10.2 Å². The van der Waals surface area contributed by atoms with Crippen molar-refractivity contribution in [2.75, 3.05) is 31.2 Å². The Morgan fingerprint density at radius 1 is 1.30 bits per heavy atom. The molecular formula is C19H20N4O2S2. The van der Waals surface area contributed by atoms with E-state index in [9.17, 15) is 4.79 Å². The molecular weight excluding hydrogens is 380 g/mol. The van der Waals surface area contributed by atoms with Gasteiger partial charge in [-0.15, -0.1) is 11.3 Å². The predicted molar refractivity (Wildman–Crippen MR) is 109 cm³/mol. The van der Waals surface area contributed by atoms with Crippen molar-refractivity contribution in [2.24, 2.45) is 0 Å². The fraction of sp³-hybridized carbons (Fsp3) is 0.316. The van der Waals surface area contributed by atoms with Gasteiger partial charge in [0.1, 0.15) is 15.7 Å². The first kappa shape index (κ1) is 18.1. The zero-order chi connectivity index (χ0) is 18.6. The maximum atomic E-state index is 12.6. The van der Waals surface area contributed by atoms with Crippen molar-refractivity contribution in [2.45, 2.75) is 13.5 Å². The maximum absolute atomic E-state index is 12.6. The number of nitrogens with zero attached hydrogens (tertiary/aromatic N) is 3. The molecule has 8 heteroatoms. The van der Waals surface area contributed by atoms with Crippen LogP contribution in [0.5, 0.6) is 0 Å². The molecule has 0 spiro atoms. The zero-order valence-corrected chi connectivity index (χ0v) is 16.6.